The molecule has 0 aliphatic rings. The first kappa shape index (κ1) is 20.5. The predicted octanol–water partition coefficient (Wildman–Crippen LogP) is 3.83. The fourth-order valence-electron chi connectivity index (χ4n) is 3.99. The number of fused-ring (bicyclic) bond motifs is 2. The summed E-state index contributed by atoms with van der Waals surface area (Å²) >= 11 is 0. The second-order valence-corrected chi connectivity index (χ2v) is 7.60. The Kier molecular flexibility index (Phi) is 4.93. The van der Waals surface area contributed by atoms with Crippen LogP contribution in [-0.4, -0.2) is 37.8 Å². The van der Waals surface area contributed by atoms with Gasteiger partial charge in [-0.1, -0.05) is 36.4 Å². The van der Waals surface area contributed by atoms with Crippen LogP contribution < -0.4 is 10.3 Å². The number of aromatic amines is 1. The average molecular weight is 444 g/mol. The number of oxazole rings is 1. The van der Waals surface area contributed by atoms with Crippen LogP contribution >= 0.6 is 0 Å². The summed E-state index contributed by atoms with van der Waals surface area (Å²) in [6.07, 6.45) is -0.145. The third-order valence-electron chi connectivity index (χ3n) is 5.49. The van der Waals surface area contributed by atoms with Gasteiger partial charge >= 0.3 is 5.97 Å². The minimum Gasteiger partial charge on any atom is -0.494 e. The van der Waals surface area contributed by atoms with Crippen molar-refractivity contribution in [2.24, 2.45) is 0 Å². The number of aryl methyl sites for hydroxylation is 2. The number of hydrogen-bond donors (Lipinski definition) is 2. The molecule has 5 aromatic rings. The third kappa shape index (κ3) is 3.43. The fraction of sp³-hybridized carbons (Fsp3) is 0.167. The summed E-state index contributed by atoms with van der Waals surface area (Å²) in [4.78, 5) is 34.2. The molecule has 0 saturated carbocycles. The summed E-state index contributed by atoms with van der Waals surface area (Å²) in [5.74, 6) is -0.420. The molecule has 0 atom stereocenters. The number of benzene rings is 2. The highest BCUT2D eigenvalue weighted by molar-refractivity contribution is 5.84. The summed E-state index contributed by atoms with van der Waals surface area (Å²) in [6.45, 7) is 1.86. The topological polar surface area (TPSA) is 123 Å². The molecule has 166 valence electrons. The number of nitrogens with zero attached hydrogens (tertiary/aromatic N) is 3. The van der Waals surface area contributed by atoms with Crippen molar-refractivity contribution >= 4 is 22.7 Å². The lowest BCUT2D eigenvalue weighted by atomic mass is 10.1. The Morgan fingerprint density at radius 1 is 1.12 bits per heavy atom. The van der Waals surface area contributed by atoms with Gasteiger partial charge in [0.25, 0.3) is 5.56 Å². The van der Waals surface area contributed by atoms with Crippen molar-refractivity contribution in [2.75, 3.05) is 7.11 Å². The summed E-state index contributed by atoms with van der Waals surface area (Å²) in [7, 11) is 1.52. The number of aromatic nitrogens is 4. The van der Waals surface area contributed by atoms with Gasteiger partial charge in [0.05, 0.1) is 19.2 Å². The van der Waals surface area contributed by atoms with Gasteiger partial charge in [0.2, 0.25) is 5.89 Å². The van der Waals surface area contributed by atoms with E-state index in [1.165, 1.54) is 11.6 Å². The molecule has 2 aromatic carbocycles. The molecule has 0 fully saturated rings. The lowest BCUT2D eigenvalue weighted by Crippen LogP contribution is -2.21. The van der Waals surface area contributed by atoms with Crippen molar-refractivity contribution in [2.45, 2.75) is 19.8 Å². The van der Waals surface area contributed by atoms with Gasteiger partial charge in [0.15, 0.2) is 16.7 Å². The number of methoxy groups -OCH3 is 1. The maximum Gasteiger partial charge on any atom is 0.303 e. The van der Waals surface area contributed by atoms with Gasteiger partial charge in [-0.15, -0.1) is 0 Å². The Labute approximate surface area is 187 Å². The van der Waals surface area contributed by atoms with Crippen LogP contribution in [0.5, 0.6) is 5.75 Å². The molecule has 0 amide bonds. The number of carboxylic acids is 1. The first-order valence-corrected chi connectivity index (χ1v) is 10.3. The Bertz CT molecular complexity index is 1560. The highest BCUT2D eigenvalue weighted by atomic mass is 16.5. The molecule has 0 aliphatic heterocycles. The van der Waals surface area contributed by atoms with E-state index in [-0.39, 0.29) is 24.3 Å². The van der Waals surface area contributed by atoms with E-state index in [9.17, 15) is 14.7 Å². The standard InChI is InChI=1S/C24H20N4O5/c1-13-19(14-7-4-3-5-8-14)22-25-15(11-12-18(29)30)20(24(31)28(22)27-13)23-26-21-16(32-2)9-6-10-17(21)33-23/h3-10,27H,11-12H2,1-2H3,(H,29,30). The number of nitrogens with one attached hydrogen (secondary N) is 1. The Balaban J connectivity index is 1.80. The van der Waals surface area contributed by atoms with E-state index in [1.807, 2.05) is 37.3 Å². The fourth-order valence-corrected chi connectivity index (χ4v) is 3.99. The molecule has 2 N–H and O–H groups in total. The summed E-state index contributed by atoms with van der Waals surface area (Å²) < 4.78 is 12.6. The second kappa shape index (κ2) is 7.94. The van der Waals surface area contributed by atoms with Gasteiger partial charge < -0.3 is 14.3 Å². The van der Waals surface area contributed by atoms with Crippen molar-refractivity contribution in [1.82, 2.24) is 19.6 Å². The van der Waals surface area contributed by atoms with Crippen molar-refractivity contribution in [1.29, 1.82) is 0 Å². The zero-order valence-electron chi connectivity index (χ0n) is 18.0. The summed E-state index contributed by atoms with van der Waals surface area (Å²) in [6, 6.07) is 14.8. The molecular weight excluding hydrogens is 424 g/mol. The first-order valence-electron chi connectivity index (χ1n) is 10.3. The lowest BCUT2D eigenvalue weighted by molar-refractivity contribution is -0.136. The molecule has 0 saturated heterocycles. The van der Waals surface area contributed by atoms with E-state index in [4.69, 9.17) is 14.1 Å². The van der Waals surface area contributed by atoms with E-state index in [0.29, 0.717) is 28.2 Å². The third-order valence-corrected chi connectivity index (χ3v) is 5.49. The average Bonchev–Trinajstić information content (AvgIpc) is 3.38. The van der Waals surface area contributed by atoms with Gasteiger partial charge in [-0.2, -0.15) is 0 Å². The molecular formula is C24H20N4O5. The molecule has 0 radical (unpaired) electrons. The van der Waals surface area contributed by atoms with Crippen LogP contribution in [0.4, 0.5) is 0 Å². The molecule has 0 unspecified atom stereocenters. The highest BCUT2D eigenvalue weighted by Crippen LogP contribution is 2.32. The van der Waals surface area contributed by atoms with Crippen LogP contribution in [0.15, 0.2) is 57.7 Å². The largest absolute Gasteiger partial charge is 0.494 e. The maximum atomic E-state index is 13.6. The smallest absolute Gasteiger partial charge is 0.303 e. The van der Waals surface area contributed by atoms with Crippen molar-refractivity contribution in [3.63, 3.8) is 0 Å². The minimum absolute atomic E-state index is 0.0464. The molecule has 3 heterocycles. The van der Waals surface area contributed by atoms with E-state index >= 15 is 0 Å². The van der Waals surface area contributed by atoms with Gasteiger partial charge in [0, 0.05) is 17.7 Å². The second-order valence-electron chi connectivity index (χ2n) is 7.60. The summed E-state index contributed by atoms with van der Waals surface area (Å²) in [5, 5.41) is 12.3. The van der Waals surface area contributed by atoms with Crippen LogP contribution in [-0.2, 0) is 11.2 Å². The molecule has 0 spiro atoms. The minimum atomic E-state index is -0.990. The highest BCUT2D eigenvalue weighted by Gasteiger charge is 2.24. The van der Waals surface area contributed by atoms with E-state index in [1.54, 1.807) is 18.2 Å². The first-order chi connectivity index (χ1) is 16.0. The van der Waals surface area contributed by atoms with E-state index in [0.717, 1.165) is 16.8 Å². The molecule has 0 aliphatic carbocycles. The van der Waals surface area contributed by atoms with Crippen LogP contribution in [0.2, 0.25) is 0 Å². The number of carboxylic acid groups (broad SMARTS) is 1. The van der Waals surface area contributed by atoms with Crippen molar-refractivity contribution in [3.05, 3.63) is 70.3 Å². The van der Waals surface area contributed by atoms with Gasteiger partial charge in [-0.05, 0) is 24.6 Å². The number of ether oxygens (including phenoxy) is 1. The number of H-pyrrole nitrogens is 1. The monoisotopic (exact) mass is 444 g/mol. The maximum absolute atomic E-state index is 13.6. The Morgan fingerprint density at radius 3 is 2.64 bits per heavy atom. The van der Waals surface area contributed by atoms with Gasteiger partial charge in [-0.3, -0.25) is 14.7 Å². The Morgan fingerprint density at radius 2 is 1.91 bits per heavy atom. The van der Waals surface area contributed by atoms with Crippen LogP contribution in [0.1, 0.15) is 17.8 Å². The molecule has 33 heavy (non-hydrogen) atoms. The molecule has 9 heteroatoms. The Hall–Kier alpha value is -4.40. The molecule has 9 nitrogen and oxygen atoms in total. The van der Waals surface area contributed by atoms with Gasteiger partial charge in [0.1, 0.15) is 11.3 Å². The molecule has 5 rings (SSSR count). The SMILES string of the molecule is COc1cccc2oc(-c3c(CCC(=O)O)nc4c(-c5ccccc5)c(C)[nH]n4c3=O)nc12. The number of rotatable bonds is 6. The lowest BCUT2D eigenvalue weighted by Gasteiger charge is -2.07. The zero-order valence-corrected chi connectivity index (χ0v) is 18.0. The quantitative estimate of drug-likeness (QED) is 0.408. The number of aliphatic carboxylic acids is 1. The number of hydrogen-bond acceptors (Lipinski definition) is 6. The van der Waals surface area contributed by atoms with Crippen LogP contribution in [0.3, 0.4) is 0 Å². The number of carbonyl (C=O) groups is 1. The van der Waals surface area contributed by atoms with Crippen molar-refractivity contribution in [3.8, 4) is 28.3 Å². The van der Waals surface area contributed by atoms with Crippen molar-refractivity contribution < 1.29 is 19.1 Å². The molecule has 3 aromatic heterocycles. The normalized spacial score (nSPS) is 11.3. The summed E-state index contributed by atoms with van der Waals surface area (Å²) in [5.41, 5.74) is 3.77. The van der Waals surface area contributed by atoms with Gasteiger partial charge in [-0.25, -0.2) is 14.5 Å². The number of para-hydroxylation sites is 1. The zero-order chi connectivity index (χ0) is 23.1. The molecule has 0 bridgehead atoms. The van der Waals surface area contributed by atoms with Crippen LogP contribution in [0.25, 0.3) is 39.3 Å². The van der Waals surface area contributed by atoms with E-state index < -0.39 is 11.5 Å². The van der Waals surface area contributed by atoms with Crippen LogP contribution in [0, 0.1) is 6.92 Å². The predicted molar refractivity (Wildman–Crippen MR) is 121 cm³/mol. The van der Waals surface area contributed by atoms with E-state index in [2.05, 4.69) is 10.1 Å².